The summed E-state index contributed by atoms with van der Waals surface area (Å²) >= 11 is 6.84. The Morgan fingerprint density at radius 2 is 2.14 bits per heavy atom. The Kier molecular flexibility index (Phi) is 4.15. The number of halogens is 1. The Hall–Kier alpha value is -2.52. The van der Waals surface area contributed by atoms with Crippen molar-refractivity contribution < 1.29 is 14.5 Å². The minimum Gasteiger partial charge on any atom is -0.366 e. The second-order valence-corrected chi connectivity index (χ2v) is 5.04. The van der Waals surface area contributed by atoms with E-state index in [0.717, 1.165) is 23.6 Å². The van der Waals surface area contributed by atoms with Crippen LogP contribution >= 0.6 is 22.9 Å². The number of rotatable bonds is 4. The van der Waals surface area contributed by atoms with Gasteiger partial charge < -0.3 is 11.1 Å². The molecule has 0 atom stereocenters. The van der Waals surface area contributed by atoms with E-state index in [-0.39, 0.29) is 27.0 Å². The molecule has 0 saturated carbocycles. The molecular weight excluding hydrogens is 320 g/mol. The van der Waals surface area contributed by atoms with Gasteiger partial charge in [0.25, 0.3) is 17.5 Å². The van der Waals surface area contributed by atoms with Gasteiger partial charge in [0.1, 0.15) is 16.4 Å². The summed E-state index contributed by atoms with van der Waals surface area (Å²) in [4.78, 5) is 36.8. The summed E-state index contributed by atoms with van der Waals surface area (Å²) in [5.41, 5.74) is 4.76. The molecule has 0 fully saturated rings. The van der Waals surface area contributed by atoms with Crippen molar-refractivity contribution >= 4 is 45.4 Å². The van der Waals surface area contributed by atoms with Crippen LogP contribution in [0.25, 0.3) is 0 Å². The summed E-state index contributed by atoms with van der Waals surface area (Å²) in [6.07, 6.45) is 0.944. The number of carbonyl (C=O) groups is 2. The summed E-state index contributed by atoms with van der Waals surface area (Å²) in [6.45, 7) is 0. The molecular formula is C11H7ClN4O4S. The highest BCUT2D eigenvalue weighted by atomic mass is 35.5. The fraction of sp³-hybridized carbons (Fsp3) is 0. The van der Waals surface area contributed by atoms with Crippen molar-refractivity contribution in [2.24, 2.45) is 5.73 Å². The Balaban J connectivity index is 2.32. The lowest BCUT2D eigenvalue weighted by Gasteiger charge is -2.05. The lowest BCUT2D eigenvalue weighted by molar-refractivity contribution is -0.385. The van der Waals surface area contributed by atoms with Crippen LogP contribution in [0.5, 0.6) is 0 Å². The van der Waals surface area contributed by atoms with E-state index < -0.39 is 16.7 Å². The van der Waals surface area contributed by atoms with Gasteiger partial charge in [0.15, 0.2) is 0 Å². The van der Waals surface area contributed by atoms with Crippen LogP contribution in [0.4, 0.5) is 10.7 Å². The molecule has 0 unspecified atom stereocenters. The summed E-state index contributed by atoms with van der Waals surface area (Å²) in [6, 6.07) is 2.46. The normalized spacial score (nSPS) is 10.1. The maximum atomic E-state index is 12.1. The zero-order chi connectivity index (χ0) is 15.6. The van der Waals surface area contributed by atoms with E-state index in [1.807, 2.05) is 0 Å². The number of amides is 2. The van der Waals surface area contributed by atoms with Crippen molar-refractivity contribution in [2.75, 3.05) is 5.32 Å². The molecule has 0 aliphatic heterocycles. The fourth-order valence-corrected chi connectivity index (χ4v) is 2.44. The number of hydrogen-bond acceptors (Lipinski definition) is 6. The molecule has 10 heteroatoms. The number of nitrogens with one attached hydrogen (secondary N) is 1. The number of nitrogens with zero attached hydrogens (tertiary/aromatic N) is 2. The van der Waals surface area contributed by atoms with Gasteiger partial charge in [-0.3, -0.25) is 19.7 Å². The standard InChI is InChI=1S/C11H7ClN4O4S/c12-8-7(3-5(4-14-8)16(19)20)10(18)15-11-6(9(13)17)1-2-21-11/h1-4H,(H2,13,17)(H,15,18). The molecule has 2 aromatic rings. The van der Waals surface area contributed by atoms with Crippen LogP contribution < -0.4 is 11.1 Å². The number of thiophene rings is 1. The molecule has 0 radical (unpaired) electrons. The Morgan fingerprint density at radius 3 is 2.76 bits per heavy atom. The topological polar surface area (TPSA) is 128 Å². The van der Waals surface area contributed by atoms with Crippen LogP contribution in [-0.2, 0) is 0 Å². The molecule has 0 saturated heterocycles. The molecule has 2 aromatic heterocycles. The minimum atomic E-state index is -0.721. The van der Waals surface area contributed by atoms with Gasteiger partial charge in [0.2, 0.25) is 0 Å². The fourth-order valence-electron chi connectivity index (χ4n) is 1.47. The highest BCUT2D eigenvalue weighted by Gasteiger charge is 2.19. The third-order valence-electron chi connectivity index (χ3n) is 2.44. The molecule has 0 aliphatic carbocycles. The van der Waals surface area contributed by atoms with Gasteiger partial charge in [0, 0.05) is 6.07 Å². The van der Waals surface area contributed by atoms with Crippen LogP contribution in [-0.4, -0.2) is 21.7 Å². The van der Waals surface area contributed by atoms with Crippen LogP contribution in [0, 0.1) is 10.1 Å². The lowest BCUT2D eigenvalue weighted by Crippen LogP contribution is -2.17. The second-order valence-electron chi connectivity index (χ2n) is 3.77. The first-order valence-corrected chi connectivity index (χ1v) is 6.64. The van der Waals surface area contributed by atoms with Gasteiger partial charge in [-0.05, 0) is 11.4 Å². The Labute approximate surface area is 126 Å². The Bertz CT molecular complexity index is 746. The van der Waals surface area contributed by atoms with Crippen LogP contribution in [0.15, 0.2) is 23.7 Å². The van der Waals surface area contributed by atoms with E-state index in [9.17, 15) is 19.7 Å². The quantitative estimate of drug-likeness (QED) is 0.504. The van der Waals surface area contributed by atoms with Gasteiger partial charge in [-0.1, -0.05) is 11.6 Å². The van der Waals surface area contributed by atoms with Gasteiger partial charge in [0.05, 0.1) is 16.1 Å². The van der Waals surface area contributed by atoms with Crippen molar-refractivity contribution in [3.8, 4) is 0 Å². The molecule has 0 aromatic carbocycles. The maximum absolute atomic E-state index is 12.1. The average molecular weight is 327 g/mol. The van der Waals surface area contributed by atoms with E-state index in [4.69, 9.17) is 17.3 Å². The van der Waals surface area contributed by atoms with Crippen molar-refractivity contribution in [1.29, 1.82) is 0 Å². The Morgan fingerprint density at radius 1 is 1.43 bits per heavy atom. The summed E-state index contributed by atoms with van der Waals surface area (Å²) in [5.74, 6) is -1.42. The van der Waals surface area contributed by atoms with E-state index in [0.29, 0.717) is 0 Å². The van der Waals surface area contributed by atoms with Gasteiger partial charge >= 0.3 is 0 Å². The molecule has 0 spiro atoms. The highest BCUT2D eigenvalue weighted by molar-refractivity contribution is 7.14. The molecule has 0 bridgehead atoms. The first-order valence-electron chi connectivity index (χ1n) is 5.38. The second kappa shape index (κ2) is 5.85. The molecule has 2 heterocycles. The van der Waals surface area contributed by atoms with E-state index >= 15 is 0 Å². The van der Waals surface area contributed by atoms with Crippen LogP contribution in [0.2, 0.25) is 5.15 Å². The summed E-state index contributed by atoms with van der Waals surface area (Å²) < 4.78 is 0. The van der Waals surface area contributed by atoms with Gasteiger partial charge in [-0.15, -0.1) is 11.3 Å². The number of nitrogens with two attached hydrogens (primary N) is 1. The number of nitro groups is 1. The van der Waals surface area contributed by atoms with Crippen LogP contribution in [0.3, 0.4) is 0 Å². The van der Waals surface area contributed by atoms with Crippen molar-refractivity contribution in [1.82, 2.24) is 4.98 Å². The summed E-state index contributed by atoms with van der Waals surface area (Å²) in [5, 5.41) is 14.7. The number of anilines is 1. The monoisotopic (exact) mass is 326 g/mol. The average Bonchev–Trinajstić information content (AvgIpc) is 2.87. The minimum absolute atomic E-state index is 0.142. The molecule has 108 valence electrons. The molecule has 3 N–H and O–H groups in total. The third-order valence-corrected chi connectivity index (χ3v) is 3.57. The smallest absolute Gasteiger partial charge is 0.288 e. The number of carbonyl (C=O) groups excluding carboxylic acids is 2. The molecule has 2 rings (SSSR count). The third kappa shape index (κ3) is 3.15. The molecule has 8 nitrogen and oxygen atoms in total. The zero-order valence-electron chi connectivity index (χ0n) is 10.2. The van der Waals surface area contributed by atoms with Crippen molar-refractivity contribution in [3.05, 3.63) is 50.1 Å². The molecule has 2 amide bonds. The number of hydrogen-bond donors (Lipinski definition) is 2. The first kappa shape index (κ1) is 14.9. The van der Waals surface area contributed by atoms with Gasteiger partial charge in [-0.25, -0.2) is 4.98 Å². The van der Waals surface area contributed by atoms with Crippen molar-refractivity contribution in [2.45, 2.75) is 0 Å². The highest BCUT2D eigenvalue weighted by Crippen LogP contribution is 2.25. The largest absolute Gasteiger partial charge is 0.366 e. The summed E-state index contributed by atoms with van der Waals surface area (Å²) in [7, 11) is 0. The first-order chi connectivity index (χ1) is 9.90. The molecule has 21 heavy (non-hydrogen) atoms. The predicted molar refractivity (Wildman–Crippen MR) is 76.7 cm³/mol. The number of primary amides is 1. The predicted octanol–water partition coefficient (Wildman–Crippen LogP) is 2.06. The van der Waals surface area contributed by atoms with E-state index in [2.05, 4.69) is 10.3 Å². The van der Waals surface area contributed by atoms with Crippen LogP contribution in [0.1, 0.15) is 20.7 Å². The van der Waals surface area contributed by atoms with Crippen molar-refractivity contribution in [3.63, 3.8) is 0 Å². The zero-order valence-corrected chi connectivity index (χ0v) is 11.8. The lowest BCUT2D eigenvalue weighted by atomic mass is 10.2. The SMILES string of the molecule is NC(=O)c1ccsc1NC(=O)c1cc([N+](=O)[O-])cnc1Cl. The van der Waals surface area contributed by atoms with Gasteiger partial charge in [-0.2, -0.15) is 0 Å². The maximum Gasteiger partial charge on any atom is 0.288 e. The number of aromatic nitrogens is 1. The number of pyridine rings is 1. The van der Waals surface area contributed by atoms with E-state index in [1.165, 1.54) is 6.07 Å². The molecule has 0 aliphatic rings. The van der Waals surface area contributed by atoms with E-state index in [1.54, 1.807) is 5.38 Å².